The van der Waals surface area contributed by atoms with Crippen LogP contribution < -0.4 is 10.7 Å². The predicted octanol–water partition coefficient (Wildman–Crippen LogP) is 2.32. The summed E-state index contributed by atoms with van der Waals surface area (Å²) in [5, 5.41) is 8.34. The fourth-order valence-electron chi connectivity index (χ4n) is 1.77. The fraction of sp³-hybridized carbons (Fsp3) is 0.385. The van der Waals surface area contributed by atoms with E-state index in [9.17, 15) is 0 Å². The van der Waals surface area contributed by atoms with Crippen molar-refractivity contribution < 1.29 is 4.74 Å². The van der Waals surface area contributed by atoms with Gasteiger partial charge in [0.05, 0.1) is 12.3 Å². The van der Waals surface area contributed by atoms with Crippen molar-refractivity contribution in [2.75, 3.05) is 13.2 Å². The summed E-state index contributed by atoms with van der Waals surface area (Å²) in [7, 11) is 0. The van der Waals surface area contributed by atoms with E-state index in [1.54, 1.807) is 6.21 Å². The zero-order chi connectivity index (χ0) is 13.5. The third kappa shape index (κ3) is 5.14. The van der Waals surface area contributed by atoms with Crippen molar-refractivity contribution in [3.8, 4) is 0 Å². The number of nitrogens with one attached hydrogen (secondary N) is 2. The first-order valence-electron chi connectivity index (χ1n) is 6.18. The molecule has 102 valence electrons. The highest BCUT2D eigenvalue weighted by Crippen LogP contribution is 2.10. The highest BCUT2D eigenvalue weighted by molar-refractivity contribution is 7.80. The zero-order valence-corrected chi connectivity index (χ0v) is 12.0. The van der Waals surface area contributed by atoms with Crippen LogP contribution in [0.4, 0.5) is 0 Å². The fourth-order valence-corrected chi connectivity index (χ4v) is 2.03. The monoisotopic (exact) mass is 297 g/mol. The summed E-state index contributed by atoms with van der Waals surface area (Å²) in [5.41, 5.74) is 3.73. The van der Waals surface area contributed by atoms with Gasteiger partial charge in [-0.15, -0.1) is 0 Å². The summed E-state index contributed by atoms with van der Waals surface area (Å²) in [6.45, 7) is 1.57. The molecule has 0 bridgehead atoms. The summed E-state index contributed by atoms with van der Waals surface area (Å²) in [4.78, 5) is 0. The Morgan fingerprint density at radius 1 is 1.47 bits per heavy atom. The Balaban J connectivity index is 1.69. The predicted molar refractivity (Wildman–Crippen MR) is 81.8 cm³/mol. The summed E-state index contributed by atoms with van der Waals surface area (Å²) in [6, 6.07) is 7.40. The molecule has 2 N–H and O–H groups in total. The smallest absolute Gasteiger partial charge is 0.187 e. The average Bonchev–Trinajstić information content (AvgIpc) is 2.92. The molecular formula is C13H16ClN3OS. The summed E-state index contributed by atoms with van der Waals surface area (Å²) < 4.78 is 5.49. The lowest BCUT2D eigenvalue weighted by Crippen LogP contribution is -2.37. The summed E-state index contributed by atoms with van der Waals surface area (Å²) in [5.74, 6) is 0. The molecule has 1 saturated heterocycles. The normalized spacial score (nSPS) is 18.7. The van der Waals surface area contributed by atoms with Gasteiger partial charge in [0, 0.05) is 18.2 Å². The van der Waals surface area contributed by atoms with E-state index in [-0.39, 0.29) is 6.10 Å². The standard InChI is InChI=1S/C13H16ClN3OS/c14-11-5-3-10(4-6-11)8-16-17-13(19)15-9-12-2-1-7-18-12/h3-6,8,12H,1-2,7,9H2,(H2,15,17,19)/b16-8-/t12-/m0/s1. The van der Waals surface area contributed by atoms with Gasteiger partial charge in [0.1, 0.15) is 0 Å². The molecule has 2 rings (SSSR count). The van der Waals surface area contributed by atoms with Crippen molar-refractivity contribution in [2.45, 2.75) is 18.9 Å². The van der Waals surface area contributed by atoms with E-state index >= 15 is 0 Å². The summed E-state index contributed by atoms with van der Waals surface area (Å²) >= 11 is 10.9. The largest absolute Gasteiger partial charge is 0.376 e. The second kappa shape index (κ2) is 7.43. The number of nitrogens with zero attached hydrogens (tertiary/aromatic N) is 1. The maximum Gasteiger partial charge on any atom is 0.187 e. The van der Waals surface area contributed by atoms with Crippen molar-refractivity contribution in [1.82, 2.24) is 10.7 Å². The Bertz CT molecular complexity index is 444. The van der Waals surface area contributed by atoms with Crippen LogP contribution in [0.2, 0.25) is 5.02 Å². The lowest BCUT2D eigenvalue weighted by atomic mass is 10.2. The molecule has 1 aliphatic heterocycles. The third-order valence-electron chi connectivity index (χ3n) is 2.76. The molecular weight excluding hydrogens is 282 g/mol. The van der Waals surface area contributed by atoms with Gasteiger partial charge in [-0.25, -0.2) is 0 Å². The molecule has 0 aromatic heterocycles. The van der Waals surface area contributed by atoms with Gasteiger partial charge in [-0.3, -0.25) is 5.43 Å². The Labute approximate surface area is 123 Å². The second-order valence-corrected chi connectivity index (χ2v) is 5.11. The van der Waals surface area contributed by atoms with E-state index in [0.29, 0.717) is 10.1 Å². The maximum absolute atomic E-state index is 5.80. The van der Waals surface area contributed by atoms with Crippen molar-refractivity contribution >= 4 is 35.1 Å². The highest BCUT2D eigenvalue weighted by atomic mass is 35.5. The van der Waals surface area contributed by atoms with Crippen LogP contribution in [0.25, 0.3) is 0 Å². The van der Waals surface area contributed by atoms with Gasteiger partial charge >= 0.3 is 0 Å². The number of rotatable bonds is 4. The van der Waals surface area contributed by atoms with Crippen molar-refractivity contribution in [3.05, 3.63) is 34.9 Å². The lowest BCUT2D eigenvalue weighted by Gasteiger charge is -2.11. The van der Waals surface area contributed by atoms with Gasteiger partial charge in [-0.05, 0) is 42.8 Å². The first kappa shape index (κ1) is 14.2. The van der Waals surface area contributed by atoms with Gasteiger partial charge in [0.25, 0.3) is 0 Å². The molecule has 1 aromatic rings. The number of hydrogen-bond donors (Lipinski definition) is 2. The first-order valence-corrected chi connectivity index (χ1v) is 6.97. The van der Waals surface area contributed by atoms with Crippen LogP contribution in [0.3, 0.4) is 0 Å². The number of ether oxygens (including phenoxy) is 1. The van der Waals surface area contributed by atoms with Gasteiger partial charge in [0.2, 0.25) is 0 Å². The minimum absolute atomic E-state index is 0.264. The number of thiocarbonyl (C=S) groups is 1. The van der Waals surface area contributed by atoms with Crippen molar-refractivity contribution in [2.24, 2.45) is 5.10 Å². The molecule has 1 aliphatic rings. The molecule has 19 heavy (non-hydrogen) atoms. The Kier molecular flexibility index (Phi) is 5.57. The SMILES string of the molecule is S=C(NC[C@@H]1CCCO1)N/N=C\c1ccc(Cl)cc1. The quantitative estimate of drug-likeness (QED) is 0.509. The van der Waals surface area contributed by atoms with E-state index < -0.39 is 0 Å². The average molecular weight is 298 g/mol. The molecule has 6 heteroatoms. The minimum Gasteiger partial charge on any atom is -0.376 e. The van der Waals surface area contributed by atoms with E-state index in [0.717, 1.165) is 31.6 Å². The van der Waals surface area contributed by atoms with Crippen LogP contribution in [0.1, 0.15) is 18.4 Å². The van der Waals surface area contributed by atoms with Crippen LogP contribution in [-0.4, -0.2) is 30.6 Å². The maximum atomic E-state index is 5.80. The molecule has 1 heterocycles. The van der Waals surface area contributed by atoms with Crippen LogP contribution in [-0.2, 0) is 4.74 Å². The zero-order valence-electron chi connectivity index (χ0n) is 10.4. The van der Waals surface area contributed by atoms with E-state index in [4.69, 9.17) is 28.6 Å². The number of halogens is 1. The van der Waals surface area contributed by atoms with Crippen LogP contribution in [0, 0.1) is 0 Å². The third-order valence-corrected chi connectivity index (χ3v) is 3.25. The molecule has 0 amide bonds. The second-order valence-electron chi connectivity index (χ2n) is 4.27. The van der Waals surface area contributed by atoms with Gasteiger partial charge in [-0.2, -0.15) is 5.10 Å². The van der Waals surface area contributed by atoms with E-state index in [1.807, 2.05) is 24.3 Å². The van der Waals surface area contributed by atoms with E-state index in [1.165, 1.54) is 0 Å². The molecule has 4 nitrogen and oxygen atoms in total. The molecule has 0 radical (unpaired) electrons. The highest BCUT2D eigenvalue weighted by Gasteiger charge is 2.14. The number of benzene rings is 1. The molecule has 1 aromatic carbocycles. The first-order chi connectivity index (χ1) is 9.24. The van der Waals surface area contributed by atoms with Gasteiger partial charge < -0.3 is 10.1 Å². The Morgan fingerprint density at radius 3 is 2.95 bits per heavy atom. The summed E-state index contributed by atoms with van der Waals surface area (Å²) in [6.07, 6.45) is 4.17. The van der Waals surface area contributed by atoms with E-state index in [2.05, 4.69) is 15.8 Å². The van der Waals surface area contributed by atoms with Crippen LogP contribution in [0.5, 0.6) is 0 Å². The molecule has 0 unspecified atom stereocenters. The molecule has 0 saturated carbocycles. The molecule has 0 aliphatic carbocycles. The molecule has 0 spiro atoms. The van der Waals surface area contributed by atoms with Gasteiger partial charge in [-0.1, -0.05) is 23.7 Å². The Morgan fingerprint density at radius 2 is 2.26 bits per heavy atom. The molecule has 1 fully saturated rings. The van der Waals surface area contributed by atoms with Crippen LogP contribution in [0.15, 0.2) is 29.4 Å². The van der Waals surface area contributed by atoms with Crippen molar-refractivity contribution in [1.29, 1.82) is 0 Å². The van der Waals surface area contributed by atoms with Crippen LogP contribution >= 0.6 is 23.8 Å². The number of hydrazone groups is 1. The molecule has 1 atom stereocenters. The Hall–Kier alpha value is -1.17. The topological polar surface area (TPSA) is 45.6 Å². The van der Waals surface area contributed by atoms with Gasteiger partial charge in [0.15, 0.2) is 5.11 Å². The minimum atomic E-state index is 0.264. The lowest BCUT2D eigenvalue weighted by molar-refractivity contribution is 0.114. The van der Waals surface area contributed by atoms with Crippen molar-refractivity contribution in [3.63, 3.8) is 0 Å². The number of hydrogen-bond acceptors (Lipinski definition) is 3.